The minimum absolute atomic E-state index is 0.113. The fraction of sp³-hybridized carbons (Fsp3) is 0.269. The summed E-state index contributed by atoms with van der Waals surface area (Å²) in [5.41, 5.74) is 3.90. The number of nitrogens with zero attached hydrogens (tertiary/aromatic N) is 2. The van der Waals surface area contributed by atoms with Crippen LogP contribution < -0.4 is 10.1 Å². The number of hydrogen-bond acceptors (Lipinski definition) is 7. The Labute approximate surface area is 207 Å². The molecule has 0 amide bonds. The van der Waals surface area contributed by atoms with Crippen molar-refractivity contribution in [2.75, 3.05) is 12.4 Å². The monoisotopic (exact) mass is 493 g/mol. The molecule has 0 unspecified atom stereocenters. The van der Waals surface area contributed by atoms with Crippen molar-refractivity contribution < 1.29 is 14.6 Å². The summed E-state index contributed by atoms with van der Waals surface area (Å²) in [5, 5.41) is 15.6. The van der Waals surface area contributed by atoms with E-state index in [4.69, 9.17) is 9.72 Å². The van der Waals surface area contributed by atoms with Crippen molar-refractivity contribution in [3.63, 3.8) is 0 Å². The first-order valence-corrected chi connectivity index (χ1v) is 12.8. The van der Waals surface area contributed by atoms with Crippen LogP contribution in [-0.4, -0.2) is 28.2 Å². The summed E-state index contributed by atoms with van der Waals surface area (Å²) in [4.78, 5) is 23.4. The molecule has 0 bridgehead atoms. The van der Waals surface area contributed by atoms with E-state index in [1.807, 2.05) is 23.6 Å². The van der Waals surface area contributed by atoms with Crippen LogP contribution in [0.1, 0.15) is 41.6 Å². The fourth-order valence-electron chi connectivity index (χ4n) is 3.73. The second-order valence-electron chi connectivity index (χ2n) is 8.30. The van der Waals surface area contributed by atoms with Gasteiger partial charge in [-0.25, -0.2) is 14.8 Å². The van der Waals surface area contributed by atoms with Gasteiger partial charge in [0.15, 0.2) is 5.13 Å². The van der Waals surface area contributed by atoms with Crippen LogP contribution in [0.2, 0.25) is 0 Å². The lowest BCUT2D eigenvalue weighted by Gasteiger charge is -2.10. The molecule has 8 heteroatoms. The van der Waals surface area contributed by atoms with Crippen molar-refractivity contribution in [2.45, 2.75) is 33.6 Å². The molecule has 0 spiro atoms. The molecule has 0 aliphatic carbocycles. The summed E-state index contributed by atoms with van der Waals surface area (Å²) in [6.07, 6.45) is 3.44. The SMILES string of the molecule is CCc1ccc(-c2nc(Nc3ncc(-c4cccs4)cc3C(=O)O)sc2CC(C)C)cc1OC. The van der Waals surface area contributed by atoms with Crippen LogP contribution >= 0.6 is 22.7 Å². The van der Waals surface area contributed by atoms with Gasteiger partial charge in [-0.15, -0.1) is 22.7 Å². The van der Waals surface area contributed by atoms with Crippen molar-refractivity contribution in [3.05, 3.63) is 64.0 Å². The van der Waals surface area contributed by atoms with Gasteiger partial charge in [-0.1, -0.05) is 39.0 Å². The Morgan fingerprint density at radius 1 is 1.21 bits per heavy atom. The number of aryl methyl sites for hydroxylation is 1. The normalized spacial score (nSPS) is 11.1. The van der Waals surface area contributed by atoms with Gasteiger partial charge in [-0.2, -0.15) is 0 Å². The maximum absolute atomic E-state index is 12.0. The van der Waals surface area contributed by atoms with E-state index < -0.39 is 5.97 Å². The molecule has 176 valence electrons. The number of carboxylic acid groups (broad SMARTS) is 1. The molecule has 1 aromatic carbocycles. The number of aromatic carboxylic acids is 1. The zero-order chi connectivity index (χ0) is 24.2. The molecule has 0 aliphatic heterocycles. The molecule has 4 aromatic rings. The molecular formula is C26H27N3O3S2. The average Bonchev–Trinajstić information content (AvgIpc) is 3.49. The van der Waals surface area contributed by atoms with Gasteiger partial charge in [0, 0.05) is 27.1 Å². The number of pyridine rings is 1. The molecule has 0 atom stereocenters. The van der Waals surface area contributed by atoms with Gasteiger partial charge < -0.3 is 15.2 Å². The van der Waals surface area contributed by atoms with Gasteiger partial charge in [0.1, 0.15) is 17.1 Å². The van der Waals surface area contributed by atoms with Crippen molar-refractivity contribution in [1.29, 1.82) is 0 Å². The zero-order valence-corrected chi connectivity index (χ0v) is 21.2. The molecule has 0 aliphatic rings. The van der Waals surface area contributed by atoms with Crippen LogP contribution in [0.15, 0.2) is 48.0 Å². The lowest BCUT2D eigenvalue weighted by molar-refractivity contribution is 0.0697. The highest BCUT2D eigenvalue weighted by Gasteiger charge is 2.19. The summed E-state index contributed by atoms with van der Waals surface area (Å²) in [7, 11) is 1.68. The minimum Gasteiger partial charge on any atom is -0.496 e. The number of ether oxygens (including phenoxy) is 1. The molecule has 0 saturated heterocycles. The van der Waals surface area contributed by atoms with Crippen molar-refractivity contribution >= 4 is 39.6 Å². The van der Waals surface area contributed by atoms with Crippen LogP contribution in [0.5, 0.6) is 5.75 Å². The van der Waals surface area contributed by atoms with Crippen LogP contribution in [0, 0.1) is 5.92 Å². The molecule has 0 saturated carbocycles. The molecule has 3 aromatic heterocycles. The third kappa shape index (κ3) is 5.13. The second kappa shape index (κ2) is 10.4. The van der Waals surface area contributed by atoms with Gasteiger partial charge in [-0.05, 0) is 47.9 Å². The van der Waals surface area contributed by atoms with Gasteiger partial charge >= 0.3 is 5.97 Å². The third-order valence-electron chi connectivity index (χ3n) is 5.38. The highest BCUT2D eigenvalue weighted by Crippen LogP contribution is 2.37. The van der Waals surface area contributed by atoms with E-state index in [0.717, 1.165) is 50.7 Å². The number of hydrogen-bond donors (Lipinski definition) is 2. The number of thiazole rings is 1. The molecule has 6 nitrogen and oxygen atoms in total. The van der Waals surface area contributed by atoms with E-state index in [1.54, 1.807) is 30.7 Å². The lowest BCUT2D eigenvalue weighted by Crippen LogP contribution is -2.05. The summed E-state index contributed by atoms with van der Waals surface area (Å²) >= 11 is 3.08. The predicted octanol–water partition coefficient (Wildman–Crippen LogP) is 7.14. The second-order valence-corrected chi connectivity index (χ2v) is 10.3. The average molecular weight is 494 g/mol. The van der Waals surface area contributed by atoms with Gasteiger partial charge in [0.2, 0.25) is 0 Å². The Bertz CT molecular complexity index is 1300. The number of nitrogens with one attached hydrogen (secondary N) is 1. The molecule has 2 N–H and O–H groups in total. The smallest absolute Gasteiger partial charge is 0.339 e. The first kappa shape index (κ1) is 23.9. The van der Waals surface area contributed by atoms with Crippen LogP contribution in [-0.2, 0) is 12.8 Å². The number of rotatable bonds is 9. The standard InChI is InChI=1S/C26H27N3O3S2/c1-5-16-8-9-17(13-20(16)32-4)23-22(11-15(2)3)34-26(28-23)29-24-19(25(30)31)12-18(14-27-24)21-7-6-10-33-21/h6-10,12-15H,5,11H2,1-4H3,(H,30,31)(H,27,28,29). The Morgan fingerprint density at radius 2 is 2.03 bits per heavy atom. The highest BCUT2D eigenvalue weighted by molar-refractivity contribution is 7.16. The molecule has 3 heterocycles. The Morgan fingerprint density at radius 3 is 2.68 bits per heavy atom. The largest absolute Gasteiger partial charge is 0.496 e. The van der Waals surface area contributed by atoms with Gasteiger partial charge in [0.05, 0.1) is 12.8 Å². The quantitative estimate of drug-likeness (QED) is 0.258. The van der Waals surface area contributed by atoms with E-state index >= 15 is 0 Å². The number of benzene rings is 1. The number of methoxy groups -OCH3 is 1. The Kier molecular flexibility index (Phi) is 7.29. The first-order chi connectivity index (χ1) is 16.4. The minimum atomic E-state index is -1.03. The fourth-order valence-corrected chi connectivity index (χ4v) is 5.63. The first-order valence-electron chi connectivity index (χ1n) is 11.1. The molecule has 0 radical (unpaired) electrons. The summed E-state index contributed by atoms with van der Waals surface area (Å²) in [5.74, 6) is 0.536. The topological polar surface area (TPSA) is 84.3 Å². The molecule has 4 rings (SSSR count). The van der Waals surface area contributed by atoms with Crippen molar-refractivity contribution in [2.24, 2.45) is 5.92 Å². The summed E-state index contributed by atoms with van der Waals surface area (Å²) < 4.78 is 5.59. The zero-order valence-electron chi connectivity index (χ0n) is 19.6. The van der Waals surface area contributed by atoms with E-state index in [0.29, 0.717) is 11.0 Å². The number of aromatic nitrogens is 2. The maximum atomic E-state index is 12.0. The number of carboxylic acids is 1. The van der Waals surface area contributed by atoms with Crippen LogP contribution in [0.3, 0.4) is 0 Å². The molecule has 0 fully saturated rings. The van der Waals surface area contributed by atoms with Crippen LogP contribution in [0.4, 0.5) is 10.9 Å². The lowest BCUT2D eigenvalue weighted by atomic mass is 10.0. The summed E-state index contributed by atoms with van der Waals surface area (Å²) in [6.45, 7) is 6.44. The Balaban J connectivity index is 1.72. The highest BCUT2D eigenvalue weighted by atomic mass is 32.1. The Hall–Kier alpha value is -3.23. The number of anilines is 2. The van der Waals surface area contributed by atoms with E-state index in [1.165, 1.54) is 11.3 Å². The van der Waals surface area contributed by atoms with E-state index in [9.17, 15) is 9.90 Å². The van der Waals surface area contributed by atoms with Crippen LogP contribution in [0.25, 0.3) is 21.7 Å². The van der Waals surface area contributed by atoms with Gasteiger partial charge in [0.25, 0.3) is 0 Å². The van der Waals surface area contributed by atoms with Gasteiger partial charge in [-0.3, -0.25) is 0 Å². The van der Waals surface area contributed by atoms with Crippen molar-refractivity contribution in [3.8, 4) is 27.4 Å². The van der Waals surface area contributed by atoms with Crippen molar-refractivity contribution in [1.82, 2.24) is 9.97 Å². The maximum Gasteiger partial charge on any atom is 0.339 e. The number of thiophene rings is 1. The molecule has 34 heavy (non-hydrogen) atoms. The molecular weight excluding hydrogens is 466 g/mol. The third-order valence-corrected chi connectivity index (χ3v) is 7.29. The summed E-state index contributed by atoms with van der Waals surface area (Å²) in [6, 6.07) is 11.7. The van der Waals surface area contributed by atoms with E-state index in [2.05, 4.69) is 43.2 Å². The predicted molar refractivity (Wildman–Crippen MR) is 140 cm³/mol. The number of carbonyl (C=O) groups is 1. The van der Waals surface area contributed by atoms with E-state index in [-0.39, 0.29) is 11.4 Å².